The Morgan fingerprint density at radius 3 is 1.83 bits per heavy atom. The summed E-state index contributed by atoms with van der Waals surface area (Å²) in [6.45, 7) is 8.57. The second-order valence-corrected chi connectivity index (χ2v) is 5.67. The van der Waals surface area contributed by atoms with Gasteiger partial charge in [-0.25, -0.2) is 0 Å². The van der Waals surface area contributed by atoms with Crippen LogP contribution in [0.25, 0.3) is 0 Å². The predicted octanol–water partition coefficient (Wildman–Crippen LogP) is 2.38. The number of carbonyl (C=O) groups is 2. The summed E-state index contributed by atoms with van der Waals surface area (Å²) in [6, 6.07) is 0. The van der Waals surface area contributed by atoms with Gasteiger partial charge in [0.2, 0.25) is 11.8 Å². The lowest BCUT2D eigenvalue weighted by molar-refractivity contribution is -0.123. The van der Waals surface area contributed by atoms with Crippen molar-refractivity contribution in [2.24, 2.45) is 0 Å². The van der Waals surface area contributed by atoms with E-state index in [1.807, 2.05) is 27.7 Å². The van der Waals surface area contributed by atoms with Gasteiger partial charge >= 0.3 is 0 Å². The van der Waals surface area contributed by atoms with E-state index in [4.69, 9.17) is 0 Å². The summed E-state index contributed by atoms with van der Waals surface area (Å²) >= 11 is 0. The molecule has 0 unspecified atom stereocenters. The lowest BCUT2D eigenvalue weighted by atomic mass is 10.1. The van der Waals surface area contributed by atoms with Crippen LogP contribution in [0.4, 0.5) is 0 Å². The van der Waals surface area contributed by atoms with Crippen LogP contribution in [0.3, 0.4) is 0 Å². The van der Waals surface area contributed by atoms with E-state index in [0.29, 0.717) is 19.4 Å². The molecule has 0 aliphatic rings. The molecule has 0 spiro atoms. The SMILES string of the molecule is CCNC(=O)CCCCCCC(=O)NC(C)(C)C. The minimum atomic E-state index is -0.144. The van der Waals surface area contributed by atoms with E-state index in [0.717, 1.165) is 25.7 Å². The molecular weight excluding hydrogens is 228 g/mol. The van der Waals surface area contributed by atoms with Crippen LogP contribution in [-0.2, 0) is 9.59 Å². The van der Waals surface area contributed by atoms with Crippen LogP contribution in [0.1, 0.15) is 66.2 Å². The number of hydrogen-bond donors (Lipinski definition) is 2. The molecule has 0 aliphatic carbocycles. The first-order chi connectivity index (χ1) is 8.35. The van der Waals surface area contributed by atoms with Crippen LogP contribution in [0.5, 0.6) is 0 Å². The average Bonchev–Trinajstić information content (AvgIpc) is 2.21. The Labute approximate surface area is 111 Å². The third-order valence-electron chi connectivity index (χ3n) is 2.45. The van der Waals surface area contributed by atoms with Crippen LogP contribution in [-0.4, -0.2) is 23.9 Å². The molecule has 0 aromatic carbocycles. The molecule has 18 heavy (non-hydrogen) atoms. The largest absolute Gasteiger partial charge is 0.356 e. The van der Waals surface area contributed by atoms with Crippen molar-refractivity contribution >= 4 is 11.8 Å². The second-order valence-electron chi connectivity index (χ2n) is 5.67. The molecule has 0 saturated carbocycles. The zero-order valence-corrected chi connectivity index (χ0v) is 12.3. The van der Waals surface area contributed by atoms with Crippen LogP contribution >= 0.6 is 0 Å². The number of rotatable bonds is 8. The van der Waals surface area contributed by atoms with Gasteiger partial charge in [-0.1, -0.05) is 12.8 Å². The molecule has 2 N–H and O–H groups in total. The fourth-order valence-corrected chi connectivity index (χ4v) is 1.69. The minimum absolute atomic E-state index is 0.117. The zero-order chi connectivity index (χ0) is 14.0. The van der Waals surface area contributed by atoms with Gasteiger partial charge in [-0.2, -0.15) is 0 Å². The van der Waals surface area contributed by atoms with Crippen molar-refractivity contribution in [1.82, 2.24) is 10.6 Å². The molecule has 4 heteroatoms. The highest BCUT2D eigenvalue weighted by molar-refractivity contribution is 5.76. The summed E-state index contributed by atoms with van der Waals surface area (Å²) < 4.78 is 0. The summed E-state index contributed by atoms with van der Waals surface area (Å²) in [5.74, 6) is 0.245. The minimum Gasteiger partial charge on any atom is -0.356 e. The van der Waals surface area contributed by atoms with E-state index in [2.05, 4.69) is 10.6 Å². The summed E-state index contributed by atoms with van der Waals surface area (Å²) in [5.41, 5.74) is -0.144. The van der Waals surface area contributed by atoms with Gasteiger partial charge in [-0.05, 0) is 40.5 Å². The number of unbranched alkanes of at least 4 members (excludes halogenated alkanes) is 3. The quantitative estimate of drug-likeness (QED) is 0.655. The van der Waals surface area contributed by atoms with E-state index in [1.54, 1.807) is 0 Å². The van der Waals surface area contributed by atoms with E-state index < -0.39 is 0 Å². The highest BCUT2D eigenvalue weighted by atomic mass is 16.2. The summed E-state index contributed by atoms with van der Waals surface area (Å²) in [5, 5.41) is 5.72. The highest BCUT2D eigenvalue weighted by Crippen LogP contribution is 2.07. The molecule has 0 aromatic heterocycles. The van der Waals surface area contributed by atoms with Gasteiger partial charge in [0.1, 0.15) is 0 Å². The van der Waals surface area contributed by atoms with Gasteiger partial charge in [0.25, 0.3) is 0 Å². The first kappa shape index (κ1) is 16.9. The van der Waals surface area contributed by atoms with Crippen molar-refractivity contribution in [3.8, 4) is 0 Å². The molecule has 0 fully saturated rings. The standard InChI is InChI=1S/C14H28N2O2/c1-5-15-12(17)10-8-6-7-9-11-13(18)16-14(2,3)4/h5-11H2,1-4H3,(H,15,17)(H,16,18). The number of amides is 2. The van der Waals surface area contributed by atoms with Gasteiger partial charge in [0.15, 0.2) is 0 Å². The Kier molecular flexibility index (Phi) is 8.42. The van der Waals surface area contributed by atoms with Crippen molar-refractivity contribution in [1.29, 1.82) is 0 Å². The van der Waals surface area contributed by atoms with E-state index in [-0.39, 0.29) is 17.4 Å². The topological polar surface area (TPSA) is 58.2 Å². The van der Waals surface area contributed by atoms with Crippen molar-refractivity contribution in [2.75, 3.05) is 6.54 Å². The average molecular weight is 256 g/mol. The van der Waals surface area contributed by atoms with E-state index in [9.17, 15) is 9.59 Å². The molecule has 0 rings (SSSR count). The normalized spacial score (nSPS) is 11.1. The monoisotopic (exact) mass is 256 g/mol. The molecular formula is C14H28N2O2. The first-order valence-corrected chi connectivity index (χ1v) is 6.93. The molecule has 106 valence electrons. The fraction of sp³-hybridized carbons (Fsp3) is 0.857. The van der Waals surface area contributed by atoms with Crippen LogP contribution in [0.2, 0.25) is 0 Å². The maximum Gasteiger partial charge on any atom is 0.220 e. The van der Waals surface area contributed by atoms with Gasteiger partial charge in [0, 0.05) is 24.9 Å². The molecule has 0 aliphatic heterocycles. The molecule has 2 amide bonds. The maximum atomic E-state index is 11.5. The zero-order valence-electron chi connectivity index (χ0n) is 12.3. The number of nitrogens with one attached hydrogen (secondary N) is 2. The lowest BCUT2D eigenvalue weighted by Crippen LogP contribution is -2.40. The molecule has 0 heterocycles. The van der Waals surface area contributed by atoms with Crippen LogP contribution < -0.4 is 10.6 Å². The summed E-state index contributed by atoms with van der Waals surface area (Å²) in [4.78, 5) is 22.7. The van der Waals surface area contributed by atoms with Gasteiger partial charge in [-0.15, -0.1) is 0 Å². The van der Waals surface area contributed by atoms with Gasteiger partial charge in [-0.3, -0.25) is 9.59 Å². The van der Waals surface area contributed by atoms with Gasteiger partial charge < -0.3 is 10.6 Å². The Hall–Kier alpha value is -1.06. The van der Waals surface area contributed by atoms with Crippen molar-refractivity contribution in [3.05, 3.63) is 0 Å². The molecule has 0 saturated heterocycles. The summed E-state index contributed by atoms with van der Waals surface area (Å²) in [7, 11) is 0. The lowest BCUT2D eigenvalue weighted by Gasteiger charge is -2.20. The second kappa shape index (κ2) is 8.95. The molecule has 0 bridgehead atoms. The maximum absolute atomic E-state index is 11.5. The molecule has 0 aromatic rings. The predicted molar refractivity (Wildman–Crippen MR) is 74.3 cm³/mol. The molecule has 0 atom stereocenters. The van der Waals surface area contributed by atoms with Crippen LogP contribution in [0, 0.1) is 0 Å². The fourth-order valence-electron chi connectivity index (χ4n) is 1.69. The number of carbonyl (C=O) groups excluding carboxylic acids is 2. The van der Waals surface area contributed by atoms with E-state index in [1.165, 1.54) is 0 Å². The molecule has 4 nitrogen and oxygen atoms in total. The first-order valence-electron chi connectivity index (χ1n) is 6.93. The smallest absolute Gasteiger partial charge is 0.220 e. The van der Waals surface area contributed by atoms with Crippen molar-refractivity contribution in [2.45, 2.75) is 71.8 Å². The number of hydrogen-bond acceptors (Lipinski definition) is 2. The Bertz CT molecular complexity index is 257. The Morgan fingerprint density at radius 2 is 1.39 bits per heavy atom. The molecule has 0 radical (unpaired) electrons. The van der Waals surface area contributed by atoms with E-state index >= 15 is 0 Å². The van der Waals surface area contributed by atoms with Crippen molar-refractivity contribution in [3.63, 3.8) is 0 Å². The highest BCUT2D eigenvalue weighted by Gasteiger charge is 2.12. The van der Waals surface area contributed by atoms with Gasteiger partial charge in [0.05, 0.1) is 0 Å². The third-order valence-corrected chi connectivity index (χ3v) is 2.45. The van der Waals surface area contributed by atoms with Crippen molar-refractivity contribution < 1.29 is 9.59 Å². The third kappa shape index (κ3) is 11.4. The Morgan fingerprint density at radius 1 is 0.889 bits per heavy atom. The summed E-state index contributed by atoms with van der Waals surface area (Å²) in [6.07, 6.45) is 5.02. The Balaban J connectivity index is 3.41. The van der Waals surface area contributed by atoms with Crippen LogP contribution in [0.15, 0.2) is 0 Å².